The average molecular weight is 379 g/mol. The van der Waals surface area contributed by atoms with Gasteiger partial charge in [0.25, 0.3) is 5.91 Å². The van der Waals surface area contributed by atoms with Crippen LogP contribution in [0.15, 0.2) is 60.8 Å². The van der Waals surface area contributed by atoms with Crippen LogP contribution in [-0.4, -0.2) is 42.2 Å². The zero-order valence-electron chi connectivity index (χ0n) is 15.3. The second kappa shape index (κ2) is 8.06. The van der Waals surface area contributed by atoms with Crippen molar-refractivity contribution < 1.29 is 12.4 Å². The predicted molar refractivity (Wildman–Crippen MR) is 114 cm³/mol. The Labute approximate surface area is 166 Å². The number of nitrogen functional groups attached to an aromatic ring is 1. The third kappa shape index (κ3) is 3.94. The Morgan fingerprint density at radius 2 is 1.89 bits per heavy atom. The highest BCUT2D eigenvalue weighted by Gasteiger charge is 2.16. The molecule has 3 N–H and O–H groups in total. The van der Waals surface area contributed by atoms with E-state index in [2.05, 4.69) is 26.3 Å². The molecule has 1 fully saturated rings. The van der Waals surface area contributed by atoms with Gasteiger partial charge in [-0.15, -0.1) is 0 Å². The van der Waals surface area contributed by atoms with E-state index in [1.807, 2.05) is 36.4 Å². The first-order valence-electron chi connectivity index (χ1n) is 9.13. The molecule has 1 aliphatic rings. The van der Waals surface area contributed by atoms with Crippen molar-refractivity contribution in [1.82, 2.24) is 9.97 Å². The van der Waals surface area contributed by atoms with Crippen molar-refractivity contribution >= 4 is 23.1 Å². The van der Waals surface area contributed by atoms with Crippen molar-refractivity contribution in [2.24, 2.45) is 0 Å². The Kier molecular flexibility index (Phi) is 5.16. The number of benzene rings is 2. The number of para-hydroxylation sites is 1. The number of morpholine rings is 1. The van der Waals surface area contributed by atoms with Gasteiger partial charge in [-0.2, -0.15) is 0 Å². The summed E-state index contributed by atoms with van der Waals surface area (Å²) in [6, 6.07) is 17.2. The number of amides is 1. The minimum absolute atomic E-state index is 0. The first kappa shape index (κ1) is 17.9. The lowest BCUT2D eigenvalue weighted by Gasteiger charge is -2.29. The van der Waals surface area contributed by atoms with Gasteiger partial charge in [-0.05, 0) is 24.3 Å². The molecule has 2 heterocycles. The first-order valence-corrected chi connectivity index (χ1v) is 9.13. The number of carbonyl (C=O) groups is 1. The van der Waals surface area contributed by atoms with Gasteiger partial charge in [0.2, 0.25) is 0 Å². The molecule has 0 bridgehead atoms. The number of carbonyl (C=O) groups excluding carboxylic acids is 1. The van der Waals surface area contributed by atoms with Gasteiger partial charge < -0.3 is 20.7 Å². The van der Waals surface area contributed by atoms with Gasteiger partial charge in [0.05, 0.1) is 25.1 Å². The van der Waals surface area contributed by atoms with Crippen LogP contribution in [0.3, 0.4) is 0 Å². The molecule has 1 aromatic heterocycles. The quantitative estimate of drug-likeness (QED) is 0.722. The highest BCUT2D eigenvalue weighted by Crippen LogP contribution is 2.25. The van der Waals surface area contributed by atoms with Crippen molar-refractivity contribution in [1.29, 1.82) is 0 Å². The second-order valence-corrected chi connectivity index (χ2v) is 6.46. The van der Waals surface area contributed by atoms with E-state index >= 15 is 0 Å². The summed E-state index contributed by atoms with van der Waals surface area (Å²) < 4.78 is 5.42. The minimum Gasteiger partial charge on any atom is -0.382 e. The predicted octanol–water partition coefficient (Wildman–Crippen LogP) is 3.31. The molecule has 0 atom stereocenters. The standard InChI is InChI=1S/C21H21N5O2.2H2/c22-20-19(21(27)24-16-6-2-1-3-7-16)25-18(14-23-20)15-5-4-8-17(13-15)26-9-11-28-12-10-26;;/h1-8,13-14H,9-12H2,(H2,22,23)(H,24,27);2*1H. The molecular weight excluding hydrogens is 354 g/mol. The monoisotopic (exact) mass is 379 g/mol. The molecular formula is C21H25N5O2. The lowest BCUT2D eigenvalue weighted by Crippen LogP contribution is -2.36. The molecule has 1 aliphatic heterocycles. The summed E-state index contributed by atoms with van der Waals surface area (Å²) in [4.78, 5) is 23.5. The molecule has 4 rings (SSSR count). The molecule has 2 aromatic carbocycles. The Morgan fingerprint density at radius 3 is 2.68 bits per heavy atom. The van der Waals surface area contributed by atoms with Crippen molar-refractivity contribution in [3.05, 3.63) is 66.5 Å². The minimum atomic E-state index is -0.387. The maximum Gasteiger partial charge on any atom is 0.278 e. The highest BCUT2D eigenvalue weighted by molar-refractivity contribution is 6.05. The molecule has 3 aromatic rings. The second-order valence-electron chi connectivity index (χ2n) is 6.46. The Hall–Kier alpha value is -3.45. The molecule has 0 saturated carbocycles. The van der Waals surface area contributed by atoms with Gasteiger partial charge in [0, 0.05) is 32.9 Å². The van der Waals surface area contributed by atoms with Crippen LogP contribution in [0.5, 0.6) is 0 Å². The van der Waals surface area contributed by atoms with Crippen LogP contribution in [0.1, 0.15) is 13.3 Å². The third-order valence-corrected chi connectivity index (χ3v) is 4.57. The van der Waals surface area contributed by atoms with E-state index < -0.39 is 0 Å². The lowest BCUT2D eigenvalue weighted by atomic mass is 10.1. The number of rotatable bonds is 4. The van der Waals surface area contributed by atoms with E-state index in [9.17, 15) is 4.79 Å². The van der Waals surface area contributed by atoms with Gasteiger partial charge in [-0.3, -0.25) is 4.79 Å². The number of nitrogens with zero attached hydrogens (tertiary/aromatic N) is 3. The van der Waals surface area contributed by atoms with Crippen molar-refractivity contribution in [3.63, 3.8) is 0 Å². The summed E-state index contributed by atoms with van der Waals surface area (Å²) in [7, 11) is 0. The van der Waals surface area contributed by atoms with Crippen LogP contribution in [0.25, 0.3) is 11.3 Å². The number of anilines is 3. The molecule has 0 radical (unpaired) electrons. The zero-order valence-corrected chi connectivity index (χ0v) is 15.3. The van der Waals surface area contributed by atoms with Crippen LogP contribution >= 0.6 is 0 Å². The maximum atomic E-state index is 12.6. The molecule has 7 heteroatoms. The fraction of sp³-hybridized carbons (Fsp3) is 0.190. The Morgan fingerprint density at radius 1 is 1.11 bits per heavy atom. The van der Waals surface area contributed by atoms with Gasteiger partial charge >= 0.3 is 0 Å². The largest absolute Gasteiger partial charge is 0.382 e. The van der Waals surface area contributed by atoms with E-state index in [-0.39, 0.29) is 20.3 Å². The van der Waals surface area contributed by atoms with Gasteiger partial charge in [0.15, 0.2) is 11.5 Å². The van der Waals surface area contributed by atoms with Gasteiger partial charge in [0.1, 0.15) is 0 Å². The lowest BCUT2D eigenvalue weighted by molar-refractivity contribution is 0.102. The topological polar surface area (TPSA) is 93.4 Å². The first-order chi connectivity index (χ1) is 13.7. The zero-order chi connectivity index (χ0) is 19.3. The van der Waals surface area contributed by atoms with Crippen LogP contribution in [0.2, 0.25) is 0 Å². The molecule has 1 amide bonds. The van der Waals surface area contributed by atoms with E-state index in [0.717, 1.165) is 37.6 Å². The molecule has 7 nitrogen and oxygen atoms in total. The molecule has 1 saturated heterocycles. The molecule has 0 spiro atoms. The SMILES string of the molecule is Nc1ncc(-c2cccc(N3CCOCC3)c2)nc1C(=O)Nc1ccccc1.[HH].[HH]. The Bertz CT molecular complexity index is 982. The summed E-state index contributed by atoms with van der Waals surface area (Å²) in [6.07, 6.45) is 1.59. The van der Waals surface area contributed by atoms with E-state index in [1.165, 1.54) is 0 Å². The van der Waals surface area contributed by atoms with Crippen molar-refractivity contribution in [3.8, 4) is 11.3 Å². The number of ether oxygens (including phenoxy) is 1. The summed E-state index contributed by atoms with van der Waals surface area (Å²) in [6.45, 7) is 3.13. The number of nitrogens with one attached hydrogen (secondary N) is 1. The third-order valence-electron chi connectivity index (χ3n) is 4.57. The maximum absolute atomic E-state index is 12.6. The average Bonchev–Trinajstić information content (AvgIpc) is 2.75. The van der Waals surface area contributed by atoms with Crippen LogP contribution in [-0.2, 0) is 4.74 Å². The van der Waals surface area contributed by atoms with Crippen molar-refractivity contribution in [2.75, 3.05) is 42.3 Å². The van der Waals surface area contributed by atoms with Crippen molar-refractivity contribution in [2.45, 2.75) is 0 Å². The van der Waals surface area contributed by atoms with Gasteiger partial charge in [-0.1, -0.05) is 30.3 Å². The fourth-order valence-corrected chi connectivity index (χ4v) is 3.10. The molecule has 146 valence electrons. The molecule has 28 heavy (non-hydrogen) atoms. The molecule has 0 aliphatic carbocycles. The highest BCUT2D eigenvalue weighted by atomic mass is 16.5. The van der Waals surface area contributed by atoms with Crippen LogP contribution < -0.4 is 16.0 Å². The summed E-state index contributed by atoms with van der Waals surface area (Å²) >= 11 is 0. The smallest absolute Gasteiger partial charge is 0.278 e. The number of aromatic nitrogens is 2. The summed E-state index contributed by atoms with van der Waals surface area (Å²) in [5.41, 5.74) is 9.27. The Balaban J connectivity index is 0.00000160. The number of hydrogen-bond donors (Lipinski definition) is 2. The normalized spacial score (nSPS) is 13.9. The van der Waals surface area contributed by atoms with Crippen LogP contribution in [0.4, 0.5) is 17.2 Å². The molecule has 0 unspecified atom stereocenters. The van der Waals surface area contributed by atoms with E-state index in [0.29, 0.717) is 11.4 Å². The van der Waals surface area contributed by atoms with E-state index in [4.69, 9.17) is 10.5 Å². The van der Waals surface area contributed by atoms with E-state index in [1.54, 1.807) is 18.3 Å². The summed E-state index contributed by atoms with van der Waals surface area (Å²) in [5, 5.41) is 2.80. The number of nitrogens with two attached hydrogens (primary N) is 1. The summed E-state index contributed by atoms with van der Waals surface area (Å²) in [5.74, 6) is -0.288. The van der Waals surface area contributed by atoms with Gasteiger partial charge in [-0.25, -0.2) is 9.97 Å². The van der Waals surface area contributed by atoms with Crippen LogP contribution in [0, 0.1) is 0 Å². The fourth-order valence-electron chi connectivity index (χ4n) is 3.10. The number of hydrogen-bond acceptors (Lipinski definition) is 6.